The van der Waals surface area contributed by atoms with Gasteiger partial charge in [0.25, 0.3) is 0 Å². The number of hydrogen-bond acceptors (Lipinski definition) is 8. The van der Waals surface area contributed by atoms with Gasteiger partial charge < -0.3 is 26.2 Å². The lowest BCUT2D eigenvalue weighted by atomic mass is 10.1. The second-order valence-electron chi connectivity index (χ2n) is 9.51. The first-order valence-corrected chi connectivity index (χ1v) is 14.1. The predicted molar refractivity (Wildman–Crippen MR) is 152 cm³/mol. The molecular weight excluding hydrogens is 547 g/mol. The molecule has 10 nitrogen and oxygen atoms in total. The lowest BCUT2D eigenvalue weighted by Gasteiger charge is -2.31. The van der Waals surface area contributed by atoms with E-state index in [-0.39, 0.29) is 23.1 Å². The van der Waals surface area contributed by atoms with Crippen LogP contribution in [0.15, 0.2) is 24.3 Å². The first-order chi connectivity index (χ1) is 18.8. The van der Waals surface area contributed by atoms with E-state index in [0.717, 1.165) is 44.0 Å². The smallest absolute Gasteiger partial charge is 0.382 e. The standard InChI is InChI=1S/C20H33N5O2S.C6H7F3N2O/c1-15(12-18(28-4)20(27)21-2)22-16-6-5-7-17(13-16)23-19(26)14-25-10-8-24(3)9-11-25;1-4(2-10)5(12)11-3-6(7,8)9/h5-7,13,15,18,22H,8-12,14H2,1-4H3,(H,21,27)(H,23,26);4H,3H2,1H3,(H,11,12). The number of piperazine rings is 1. The molecule has 2 rings (SSSR count). The number of rotatable bonds is 11. The Balaban J connectivity index is 0.000000562. The minimum absolute atomic E-state index is 0.0109. The average molecular weight is 588 g/mol. The number of carbonyl (C=O) groups excluding carboxylic acids is 3. The molecule has 3 unspecified atom stereocenters. The van der Waals surface area contributed by atoms with Gasteiger partial charge in [0.15, 0.2) is 0 Å². The Morgan fingerprint density at radius 3 is 2.27 bits per heavy atom. The van der Waals surface area contributed by atoms with Gasteiger partial charge in [-0.3, -0.25) is 19.3 Å². The molecule has 1 heterocycles. The van der Waals surface area contributed by atoms with E-state index in [4.69, 9.17) is 5.26 Å². The van der Waals surface area contributed by atoms with Crippen molar-refractivity contribution in [2.45, 2.75) is 37.7 Å². The third-order valence-electron chi connectivity index (χ3n) is 5.96. The van der Waals surface area contributed by atoms with Crippen molar-refractivity contribution in [3.8, 4) is 6.07 Å². The summed E-state index contributed by atoms with van der Waals surface area (Å²) in [6.45, 7) is 6.16. The van der Waals surface area contributed by atoms with Gasteiger partial charge in [-0.15, -0.1) is 0 Å². The molecule has 1 aliphatic rings. The molecule has 0 bridgehead atoms. The van der Waals surface area contributed by atoms with Crippen LogP contribution >= 0.6 is 11.8 Å². The number of likely N-dealkylation sites (N-methyl/N-ethyl adjacent to an activating group) is 1. The number of halogens is 3. The predicted octanol–water partition coefficient (Wildman–Crippen LogP) is 2.37. The van der Waals surface area contributed by atoms with E-state index in [1.54, 1.807) is 24.1 Å². The maximum absolute atomic E-state index is 12.4. The summed E-state index contributed by atoms with van der Waals surface area (Å²) >= 11 is 1.55. The molecule has 4 N–H and O–H groups in total. The summed E-state index contributed by atoms with van der Waals surface area (Å²) in [5.74, 6) is -1.90. The second kappa shape index (κ2) is 17.6. The highest BCUT2D eigenvalue weighted by molar-refractivity contribution is 7.99. The highest BCUT2D eigenvalue weighted by atomic mass is 32.2. The van der Waals surface area contributed by atoms with Crippen LogP contribution in [-0.4, -0.2) is 105 Å². The summed E-state index contributed by atoms with van der Waals surface area (Å²) in [5, 5.41) is 18.8. The van der Waals surface area contributed by atoms with Crippen LogP contribution < -0.4 is 21.3 Å². The van der Waals surface area contributed by atoms with E-state index in [9.17, 15) is 27.6 Å². The van der Waals surface area contributed by atoms with Crippen molar-refractivity contribution in [3.63, 3.8) is 0 Å². The van der Waals surface area contributed by atoms with Crippen LogP contribution in [0.1, 0.15) is 20.3 Å². The zero-order valence-corrected chi connectivity index (χ0v) is 24.4. The van der Waals surface area contributed by atoms with Crippen molar-refractivity contribution in [3.05, 3.63) is 24.3 Å². The molecular formula is C26H40F3N7O3S. The van der Waals surface area contributed by atoms with Gasteiger partial charge in [0.1, 0.15) is 12.5 Å². The van der Waals surface area contributed by atoms with E-state index in [1.165, 1.54) is 13.0 Å². The van der Waals surface area contributed by atoms with Crippen LogP contribution in [0.5, 0.6) is 0 Å². The van der Waals surface area contributed by atoms with Crippen LogP contribution in [0.25, 0.3) is 0 Å². The summed E-state index contributed by atoms with van der Waals surface area (Å²) in [6, 6.07) is 9.38. The SMILES string of the molecule is CC(C#N)C(=O)NCC(F)(F)F.CNC(=O)C(CC(C)Nc1cccc(NC(=O)CN2CCN(C)CC2)c1)SC. The number of carbonyl (C=O) groups is 3. The molecule has 224 valence electrons. The number of anilines is 2. The van der Waals surface area contributed by atoms with Crippen molar-refractivity contribution in [1.82, 2.24) is 20.4 Å². The Labute approximate surface area is 238 Å². The van der Waals surface area contributed by atoms with Crippen molar-refractivity contribution in [2.75, 3.05) is 70.3 Å². The summed E-state index contributed by atoms with van der Waals surface area (Å²) < 4.78 is 34.5. The second-order valence-corrected chi connectivity index (χ2v) is 10.6. The number of hydrogen-bond donors (Lipinski definition) is 4. The van der Waals surface area contributed by atoms with E-state index in [2.05, 4.69) is 39.7 Å². The zero-order valence-electron chi connectivity index (χ0n) is 23.6. The highest BCUT2D eigenvalue weighted by Crippen LogP contribution is 2.20. The first kappa shape index (κ1) is 35.0. The molecule has 1 saturated heterocycles. The van der Waals surface area contributed by atoms with Gasteiger partial charge in [-0.1, -0.05) is 6.07 Å². The maximum Gasteiger partial charge on any atom is 0.405 e. The molecule has 1 aliphatic heterocycles. The van der Waals surface area contributed by atoms with Crippen molar-refractivity contribution in [2.24, 2.45) is 5.92 Å². The Bertz CT molecular complexity index is 998. The molecule has 3 atom stereocenters. The van der Waals surface area contributed by atoms with Crippen molar-refractivity contribution in [1.29, 1.82) is 5.26 Å². The third-order valence-corrected chi connectivity index (χ3v) is 6.94. The number of thioether (sulfide) groups is 1. The molecule has 3 amide bonds. The highest BCUT2D eigenvalue weighted by Gasteiger charge is 2.28. The van der Waals surface area contributed by atoms with Gasteiger partial charge in [-0.05, 0) is 51.8 Å². The molecule has 0 aromatic heterocycles. The fourth-order valence-electron chi connectivity index (χ4n) is 3.63. The topological polar surface area (TPSA) is 130 Å². The monoisotopic (exact) mass is 587 g/mol. The van der Waals surface area contributed by atoms with Gasteiger partial charge in [-0.25, -0.2) is 0 Å². The Morgan fingerprint density at radius 1 is 1.10 bits per heavy atom. The fourth-order valence-corrected chi connectivity index (χ4v) is 4.44. The van der Waals surface area contributed by atoms with Crippen molar-refractivity contribution >= 4 is 40.9 Å². The lowest BCUT2D eigenvalue weighted by molar-refractivity contribution is -0.139. The van der Waals surface area contributed by atoms with Gasteiger partial charge in [-0.2, -0.15) is 30.2 Å². The number of nitrogens with one attached hydrogen (secondary N) is 4. The van der Waals surface area contributed by atoms with Crippen LogP contribution in [0.3, 0.4) is 0 Å². The van der Waals surface area contributed by atoms with Crippen LogP contribution in [0.4, 0.5) is 24.5 Å². The number of nitrogens with zero attached hydrogens (tertiary/aromatic N) is 3. The van der Waals surface area contributed by atoms with Crippen LogP contribution in [-0.2, 0) is 14.4 Å². The summed E-state index contributed by atoms with van der Waals surface area (Å²) in [4.78, 5) is 39.3. The van der Waals surface area contributed by atoms with Crippen molar-refractivity contribution < 1.29 is 27.6 Å². The van der Waals surface area contributed by atoms with Gasteiger partial charge in [0.05, 0.1) is 17.9 Å². The first-order valence-electron chi connectivity index (χ1n) is 12.8. The molecule has 0 radical (unpaired) electrons. The number of alkyl halides is 3. The Kier molecular flexibility index (Phi) is 15.4. The van der Waals surface area contributed by atoms with E-state index in [0.29, 0.717) is 6.54 Å². The summed E-state index contributed by atoms with van der Waals surface area (Å²) in [5.41, 5.74) is 1.71. The fraction of sp³-hybridized carbons (Fsp3) is 0.615. The lowest BCUT2D eigenvalue weighted by Crippen LogP contribution is -2.47. The van der Waals surface area contributed by atoms with E-state index >= 15 is 0 Å². The molecule has 40 heavy (non-hydrogen) atoms. The molecule has 0 aliphatic carbocycles. The number of nitriles is 1. The quantitative estimate of drug-likeness (QED) is 0.311. The molecule has 1 aromatic carbocycles. The van der Waals surface area contributed by atoms with E-state index in [1.807, 2.05) is 30.5 Å². The summed E-state index contributed by atoms with van der Waals surface area (Å²) in [6.07, 6.45) is -1.76. The Morgan fingerprint density at radius 2 is 1.73 bits per heavy atom. The van der Waals surface area contributed by atoms with E-state index < -0.39 is 24.5 Å². The molecule has 0 spiro atoms. The zero-order chi connectivity index (χ0) is 30.3. The van der Waals surface area contributed by atoms with Crippen LogP contribution in [0, 0.1) is 17.2 Å². The maximum atomic E-state index is 12.4. The molecule has 1 fully saturated rings. The number of benzene rings is 1. The largest absolute Gasteiger partial charge is 0.405 e. The normalized spacial score (nSPS) is 16.3. The van der Waals surface area contributed by atoms with Gasteiger partial charge >= 0.3 is 6.18 Å². The molecule has 0 saturated carbocycles. The molecule has 14 heteroatoms. The van der Waals surface area contributed by atoms with Crippen LogP contribution in [0.2, 0.25) is 0 Å². The third kappa shape index (κ3) is 14.4. The number of amides is 3. The molecule has 1 aromatic rings. The van der Waals surface area contributed by atoms with Gasteiger partial charge in [0.2, 0.25) is 17.7 Å². The minimum atomic E-state index is -4.43. The average Bonchev–Trinajstić information content (AvgIpc) is 2.90. The van der Waals surface area contributed by atoms with Gasteiger partial charge in [0, 0.05) is 50.6 Å². The summed E-state index contributed by atoms with van der Waals surface area (Å²) in [7, 11) is 3.77. The minimum Gasteiger partial charge on any atom is -0.382 e. The Hall–Kier alpha value is -3.02.